The lowest BCUT2D eigenvalue weighted by molar-refractivity contribution is -0.141. The third-order valence-corrected chi connectivity index (χ3v) is 4.18. The molecule has 1 aliphatic rings. The van der Waals surface area contributed by atoms with Crippen molar-refractivity contribution in [3.63, 3.8) is 0 Å². The van der Waals surface area contributed by atoms with E-state index in [-0.39, 0.29) is 5.65 Å². The number of nitrogens with one attached hydrogen (secondary N) is 1. The van der Waals surface area contributed by atoms with Crippen molar-refractivity contribution in [2.75, 3.05) is 12.0 Å². The van der Waals surface area contributed by atoms with Crippen LogP contribution in [0.2, 0.25) is 0 Å². The molecule has 0 amide bonds. The Kier molecular flexibility index (Phi) is 3.44. The summed E-state index contributed by atoms with van der Waals surface area (Å²) in [7, 11) is 0. The van der Waals surface area contributed by atoms with E-state index < -0.39 is 17.3 Å². The maximum atomic E-state index is 13.2. The number of halogens is 3. The van der Waals surface area contributed by atoms with Gasteiger partial charge in [0.2, 0.25) is 0 Å². The molecule has 1 N–H and O–H groups in total. The first-order valence-corrected chi connectivity index (χ1v) is 8.13. The lowest BCUT2D eigenvalue weighted by atomic mass is 9.95. The summed E-state index contributed by atoms with van der Waals surface area (Å²) in [6, 6.07) is 7.76. The number of pyridine rings is 1. The lowest BCUT2D eigenvalue weighted by Gasteiger charge is -2.20. The Morgan fingerprint density at radius 2 is 1.85 bits per heavy atom. The fraction of sp³-hybridized carbons (Fsp3) is 0.333. The molecule has 3 heterocycles. The summed E-state index contributed by atoms with van der Waals surface area (Å²) in [5, 5.41) is 3.07. The number of hydrogen-bond acceptors (Lipinski definition) is 4. The molecule has 0 radical (unpaired) electrons. The summed E-state index contributed by atoms with van der Waals surface area (Å²) in [5.41, 5.74) is 0.770. The van der Waals surface area contributed by atoms with E-state index in [9.17, 15) is 13.2 Å². The van der Waals surface area contributed by atoms with Gasteiger partial charge >= 0.3 is 6.18 Å². The number of nitrogens with zero attached hydrogens (tertiary/aromatic N) is 3. The highest BCUT2D eigenvalue weighted by Crippen LogP contribution is 2.36. The molecule has 0 unspecified atom stereocenters. The summed E-state index contributed by atoms with van der Waals surface area (Å²) in [5.74, 6) is 1.28. The molecule has 1 aliphatic heterocycles. The van der Waals surface area contributed by atoms with Gasteiger partial charge in [-0.05, 0) is 24.3 Å². The van der Waals surface area contributed by atoms with Gasteiger partial charge in [-0.1, -0.05) is 20.8 Å². The zero-order chi connectivity index (χ0) is 18.7. The van der Waals surface area contributed by atoms with E-state index in [1.54, 1.807) is 10.6 Å². The van der Waals surface area contributed by atoms with E-state index in [1.807, 2.05) is 32.9 Å². The first kappa shape index (κ1) is 16.7. The smallest absolute Gasteiger partial charge is 0.433 e. The average Bonchev–Trinajstić information content (AvgIpc) is 3.16. The Morgan fingerprint density at radius 1 is 1.08 bits per heavy atom. The van der Waals surface area contributed by atoms with Crippen LogP contribution >= 0.6 is 0 Å². The van der Waals surface area contributed by atoms with Crippen LogP contribution in [0.3, 0.4) is 0 Å². The normalized spacial score (nSPS) is 14.2. The first-order chi connectivity index (χ1) is 12.1. The van der Waals surface area contributed by atoms with Gasteiger partial charge in [0.05, 0.1) is 11.4 Å². The van der Waals surface area contributed by atoms with Gasteiger partial charge in [-0.3, -0.25) is 4.57 Å². The molecular weight excluding hydrogens is 345 g/mol. The Hall–Kier alpha value is -2.77. The number of rotatable bonds is 1. The Morgan fingerprint density at radius 3 is 2.54 bits per heavy atom. The second kappa shape index (κ2) is 5.36. The molecule has 4 rings (SSSR count). The molecule has 0 fully saturated rings. The van der Waals surface area contributed by atoms with Gasteiger partial charge in [-0.2, -0.15) is 13.2 Å². The fourth-order valence-corrected chi connectivity index (χ4v) is 2.97. The summed E-state index contributed by atoms with van der Waals surface area (Å²) in [4.78, 5) is 8.42. The zero-order valence-corrected chi connectivity index (χ0v) is 14.5. The third kappa shape index (κ3) is 2.65. The van der Waals surface area contributed by atoms with Crippen LogP contribution in [0.4, 0.5) is 18.9 Å². The van der Waals surface area contributed by atoms with Gasteiger partial charge < -0.3 is 10.1 Å². The minimum atomic E-state index is -4.52. The Labute approximate surface area is 147 Å². The van der Waals surface area contributed by atoms with Crippen molar-refractivity contribution in [1.29, 1.82) is 0 Å². The van der Waals surface area contributed by atoms with Crippen molar-refractivity contribution in [1.82, 2.24) is 14.5 Å². The average molecular weight is 362 g/mol. The van der Waals surface area contributed by atoms with Crippen LogP contribution in [0.1, 0.15) is 32.3 Å². The molecule has 3 aromatic rings. The molecule has 0 saturated carbocycles. The molecule has 0 bridgehead atoms. The first-order valence-electron chi connectivity index (χ1n) is 8.13. The van der Waals surface area contributed by atoms with Gasteiger partial charge in [-0.25, -0.2) is 9.97 Å². The number of alkyl halides is 3. The van der Waals surface area contributed by atoms with Crippen LogP contribution in [0.5, 0.6) is 5.75 Å². The standard InChI is InChI=1S/C18H17F3N4O/c1-17(2,3)16-23-12-6-7-14(18(19,20)21)24-15(12)25(16)10-4-5-11-13(8-10)26-9-22-11/h4-8,22H,9H2,1-3H3. The zero-order valence-electron chi connectivity index (χ0n) is 14.5. The minimum Gasteiger partial charge on any atom is -0.471 e. The van der Waals surface area contributed by atoms with Gasteiger partial charge in [0.25, 0.3) is 0 Å². The molecule has 5 nitrogen and oxygen atoms in total. The number of benzene rings is 1. The van der Waals surface area contributed by atoms with E-state index in [0.717, 1.165) is 11.8 Å². The molecule has 0 atom stereocenters. The number of ether oxygens (including phenoxy) is 1. The predicted molar refractivity (Wildman–Crippen MR) is 91.7 cm³/mol. The number of aromatic nitrogens is 3. The van der Waals surface area contributed by atoms with Gasteiger partial charge in [0.15, 0.2) is 12.4 Å². The molecule has 136 valence electrons. The van der Waals surface area contributed by atoms with Crippen molar-refractivity contribution in [2.24, 2.45) is 0 Å². The van der Waals surface area contributed by atoms with E-state index in [4.69, 9.17) is 4.74 Å². The van der Waals surface area contributed by atoms with Crippen LogP contribution < -0.4 is 10.1 Å². The lowest BCUT2D eigenvalue weighted by Crippen LogP contribution is -2.18. The topological polar surface area (TPSA) is 52.0 Å². The maximum absolute atomic E-state index is 13.2. The third-order valence-electron chi connectivity index (χ3n) is 4.18. The highest BCUT2D eigenvalue weighted by atomic mass is 19.4. The maximum Gasteiger partial charge on any atom is 0.433 e. The minimum absolute atomic E-state index is 0.177. The van der Waals surface area contributed by atoms with Crippen molar-refractivity contribution in [3.05, 3.63) is 41.9 Å². The van der Waals surface area contributed by atoms with E-state index in [2.05, 4.69) is 15.3 Å². The summed E-state index contributed by atoms with van der Waals surface area (Å²) >= 11 is 0. The molecule has 2 aromatic heterocycles. The summed E-state index contributed by atoms with van der Waals surface area (Å²) in [6.07, 6.45) is -4.52. The van der Waals surface area contributed by atoms with E-state index in [0.29, 0.717) is 29.5 Å². The van der Waals surface area contributed by atoms with Crippen molar-refractivity contribution < 1.29 is 17.9 Å². The predicted octanol–water partition coefficient (Wildman–Crippen LogP) is 4.50. The molecule has 1 aromatic carbocycles. The molecular formula is C18H17F3N4O. The molecule has 8 heteroatoms. The van der Waals surface area contributed by atoms with Gasteiger partial charge in [0, 0.05) is 11.5 Å². The SMILES string of the molecule is CC(C)(C)c1nc2ccc(C(F)(F)F)nc2n1-c1ccc2c(c1)OCN2. The number of anilines is 1. The Balaban J connectivity index is 2.01. The van der Waals surface area contributed by atoms with Crippen LogP contribution in [0.15, 0.2) is 30.3 Å². The Bertz CT molecular complexity index is 1000. The highest BCUT2D eigenvalue weighted by molar-refractivity contribution is 5.76. The largest absolute Gasteiger partial charge is 0.471 e. The van der Waals surface area contributed by atoms with Crippen molar-refractivity contribution in [2.45, 2.75) is 32.4 Å². The number of fused-ring (bicyclic) bond motifs is 2. The fourth-order valence-electron chi connectivity index (χ4n) is 2.97. The molecule has 26 heavy (non-hydrogen) atoms. The molecule has 0 aliphatic carbocycles. The summed E-state index contributed by atoms with van der Waals surface area (Å²) < 4.78 is 46.6. The van der Waals surface area contributed by atoms with Crippen molar-refractivity contribution >= 4 is 16.9 Å². The van der Waals surface area contributed by atoms with Crippen LogP contribution in [0.25, 0.3) is 16.9 Å². The van der Waals surface area contributed by atoms with E-state index >= 15 is 0 Å². The highest BCUT2D eigenvalue weighted by Gasteiger charge is 2.34. The second-order valence-corrected chi connectivity index (χ2v) is 7.20. The van der Waals surface area contributed by atoms with Gasteiger partial charge in [0.1, 0.15) is 22.8 Å². The molecule has 0 spiro atoms. The monoisotopic (exact) mass is 362 g/mol. The van der Waals surface area contributed by atoms with Crippen LogP contribution in [-0.4, -0.2) is 21.3 Å². The second-order valence-electron chi connectivity index (χ2n) is 7.20. The van der Waals surface area contributed by atoms with Crippen molar-refractivity contribution in [3.8, 4) is 11.4 Å². The van der Waals surface area contributed by atoms with E-state index in [1.165, 1.54) is 6.07 Å². The number of hydrogen-bond donors (Lipinski definition) is 1. The quantitative estimate of drug-likeness (QED) is 0.693. The summed E-state index contributed by atoms with van der Waals surface area (Å²) in [6.45, 7) is 6.24. The van der Waals surface area contributed by atoms with Gasteiger partial charge in [-0.15, -0.1) is 0 Å². The number of imidazole rings is 1. The molecule has 0 saturated heterocycles. The van der Waals surface area contributed by atoms with Crippen LogP contribution in [-0.2, 0) is 11.6 Å². The van der Waals surface area contributed by atoms with Crippen LogP contribution in [0, 0.1) is 0 Å².